The van der Waals surface area contributed by atoms with E-state index in [2.05, 4.69) is 34.9 Å². The van der Waals surface area contributed by atoms with Gasteiger partial charge >= 0.3 is 0 Å². The number of halogens is 1. The Morgan fingerprint density at radius 1 is 0.913 bits per heavy atom. The van der Waals surface area contributed by atoms with E-state index in [1.165, 1.54) is 11.1 Å². The fourth-order valence-corrected chi connectivity index (χ4v) is 2.36. The van der Waals surface area contributed by atoms with Gasteiger partial charge in [0.15, 0.2) is 5.96 Å². The summed E-state index contributed by atoms with van der Waals surface area (Å²) in [5.41, 5.74) is 3.70. The summed E-state index contributed by atoms with van der Waals surface area (Å²) in [7, 11) is 0. The van der Waals surface area contributed by atoms with Gasteiger partial charge in [-0.2, -0.15) is 0 Å². The number of anilines is 1. The van der Waals surface area contributed by atoms with E-state index < -0.39 is 6.67 Å². The van der Waals surface area contributed by atoms with Crippen LogP contribution in [0, 0.1) is 5.41 Å². The third-order valence-corrected chi connectivity index (χ3v) is 3.56. The number of alkyl halides is 1. The molecule has 23 heavy (non-hydrogen) atoms. The highest BCUT2D eigenvalue weighted by atomic mass is 19.1. The van der Waals surface area contributed by atoms with Gasteiger partial charge < -0.3 is 10.6 Å². The lowest BCUT2D eigenvalue weighted by molar-refractivity contribution is 0.491. The highest BCUT2D eigenvalue weighted by Gasteiger charge is 2.07. The SMILES string of the molecule is N=C(NCCF)Nc1cccc2ccccc12.c1cc2cc-2c1. The van der Waals surface area contributed by atoms with Crippen LogP contribution in [0.3, 0.4) is 0 Å². The van der Waals surface area contributed by atoms with Crippen LogP contribution in [0.15, 0.2) is 66.7 Å². The monoisotopic (exact) mass is 307 g/mol. The second-order valence-corrected chi connectivity index (χ2v) is 5.22. The molecule has 2 aliphatic rings. The molecule has 3 N–H and O–H groups in total. The largest absolute Gasteiger partial charge is 0.354 e. The summed E-state index contributed by atoms with van der Waals surface area (Å²) in [5, 5.41) is 15.3. The van der Waals surface area contributed by atoms with Gasteiger partial charge in [-0.15, -0.1) is 0 Å². The van der Waals surface area contributed by atoms with Crippen LogP contribution in [0.1, 0.15) is 0 Å². The van der Waals surface area contributed by atoms with Crippen LogP contribution in [0.5, 0.6) is 0 Å². The van der Waals surface area contributed by atoms with Gasteiger partial charge in [0.05, 0.1) is 0 Å². The summed E-state index contributed by atoms with van der Waals surface area (Å²) < 4.78 is 12.0. The van der Waals surface area contributed by atoms with Gasteiger partial charge in [0.1, 0.15) is 6.67 Å². The molecule has 0 aromatic heterocycles. The van der Waals surface area contributed by atoms with Crippen molar-refractivity contribution in [2.45, 2.75) is 0 Å². The Hall–Kier alpha value is -2.88. The summed E-state index contributed by atoms with van der Waals surface area (Å²) in [5.74, 6) is 0.110. The highest BCUT2D eigenvalue weighted by Crippen LogP contribution is 2.32. The van der Waals surface area contributed by atoms with Crippen molar-refractivity contribution in [3.8, 4) is 11.1 Å². The summed E-state index contributed by atoms with van der Waals surface area (Å²) in [6.07, 6.45) is 0. The van der Waals surface area contributed by atoms with Crippen molar-refractivity contribution in [1.82, 2.24) is 5.32 Å². The Bertz CT molecular complexity index is 807. The van der Waals surface area contributed by atoms with E-state index in [1.54, 1.807) is 0 Å². The van der Waals surface area contributed by atoms with E-state index in [4.69, 9.17) is 5.41 Å². The molecule has 0 bridgehead atoms. The zero-order valence-electron chi connectivity index (χ0n) is 12.6. The molecule has 2 aliphatic carbocycles. The standard InChI is InChI=1S/C13H14FN3.C6H4/c14-8-9-16-13(15)17-12-7-3-5-10-4-1-2-6-11(10)12;1-2-5-4-6(5)3-1/h1-7H,8-9H2,(H3,15,16,17);1-4H. The second kappa shape index (κ2) is 6.92. The van der Waals surface area contributed by atoms with Crippen LogP contribution in [0.2, 0.25) is 0 Å². The van der Waals surface area contributed by atoms with Crippen molar-refractivity contribution in [2.75, 3.05) is 18.5 Å². The maximum atomic E-state index is 12.0. The summed E-state index contributed by atoms with van der Waals surface area (Å²) >= 11 is 0. The minimum Gasteiger partial charge on any atom is -0.354 e. The molecular formula is C19H18FN3. The van der Waals surface area contributed by atoms with Gasteiger partial charge in [-0.05, 0) is 28.6 Å². The minimum absolute atomic E-state index is 0.110. The Kier molecular flexibility index (Phi) is 4.52. The molecule has 0 atom stereocenters. The van der Waals surface area contributed by atoms with Crippen molar-refractivity contribution in [3.05, 3.63) is 66.7 Å². The fourth-order valence-electron chi connectivity index (χ4n) is 2.36. The lowest BCUT2D eigenvalue weighted by Gasteiger charge is -2.11. The minimum atomic E-state index is -0.487. The Morgan fingerprint density at radius 2 is 1.61 bits per heavy atom. The quantitative estimate of drug-likeness (QED) is 0.388. The average molecular weight is 307 g/mol. The Balaban J connectivity index is 0.000000213. The molecule has 3 nitrogen and oxygen atoms in total. The maximum absolute atomic E-state index is 12.0. The normalized spacial score (nSPS) is 10.5. The summed E-state index contributed by atoms with van der Waals surface area (Å²) in [6, 6.07) is 22.2. The Morgan fingerprint density at radius 3 is 2.26 bits per heavy atom. The first kappa shape index (κ1) is 15.0. The Labute approximate surface area is 134 Å². The fraction of sp³-hybridized carbons (Fsp3) is 0.105. The molecule has 0 radical (unpaired) electrons. The number of rotatable bonds is 3. The highest BCUT2D eigenvalue weighted by molar-refractivity contribution is 6.02. The molecule has 4 heteroatoms. The molecular weight excluding hydrogens is 289 g/mol. The maximum Gasteiger partial charge on any atom is 0.193 e. The van der Waals surface area contributed by atoms with E-state index in [0.717, 1.165) is 16.5 Å². The molecule has 0 saturated carbocycles. The first-order valence-corrected chi connectivity index (χ1v) is 7.51. The van der Waals surface area contributed by atoms with E-state index in [9.17, 15) is 4.39 Å². The first-order valence-electron chi connectivity index (χ1n) is 7.51. The third-order valence-electron chi connectivity index (χ3n) is 3.56. The topological polar surface area (TPSA) is 47.9 Å². The number of hydrogen-bond donors (Lipinski definition) is 3. The third kappa shape index (κ3) is 3.86. The number of fused-ring (bicyclic) bond motifs is 2. The van der Waals surface area contributed by atoms with Crippen molar-refractivity contribution >= 4 is 22.4 Å². The number of nitrogens with one attached hydrogen (secondary N) is 3. The lowest BCUT2D eigenvalue weighted by Crippen LogP contribution is -2.31. The van der Waals surface area contributed by atoms with E-state index in [1.807, 2.05) is 42.5 Å². The molecule has 2 aromatic rings. The summed E-state index contributed by atoms with van der Waals surface area (Å²) in [4.78, 5) is 0. The molecule has 2 aromatic carbocycles. The number of benzene rings is 3. The van der Waals surface area contributed by atoms with Crippen LogP contribution in [-0.2, 0) is 0 Å². The van der Waals surface area contributed by atoms with Crippen molar-refractivity contribution in [3.63, 3.8) is 0 Å². The van der Waals surface area contributed by atoms with Gasteiger partial charge in [-0.1, -0.05) is 54.6 Å². The molecule has 0 fully saturated rings. The van der Waals surface area contributed by atoms with Gasteiger partial charge in [0.2, 0.25) is 0 Å². The van der Waals surface area contributed by atoms with E-state index >= 15 is 0 Å². The van der Waals surface area contributed by atoms with E-state index in [0.29, 0.717) is 0 Å². The first-order chi connectivity index (χ1) is 11.3. The van der Waals surface area contributed by atoms with Crippen LogP contribution in [-0.4, -0.2) is 19.2 Å². The molecule has 0 amide bonds. The number of hydrogen-bond acceptors (Lipinski definition) is 1. The van der Waals surface area contributed by atoms with Gasteiger partial charge in [0.25, 0.3) is 0 Å². The number of guanidine groups is 1. The lowest BCUT2D eigenvalue weighted by atomic mass is 10.1. The molecule has 0 saturated heterocycles. The van der Waals surface area contributed by atoms with Crippen molar-refractivity contribution in [1.29, 1.82) is 5.41 Å². The van der Waals surface area contributed by atoms with Crippen LogP contribution >= 0.6 is 0 Å². The van der Waals surface area contributed by atoms with E-state index in [-0.39, 0.29) is 12.5 Å². The molecule has 0 unspecified atom stereocenters. The van der Waals surface area contributed by atoms with Crippen LogP contribution in [0.4, 0.5) is 10.1 Å². The van der Waals surface area contributed by atoms with Crippen LogP contribution < -0.4 is 10.6 Å². The average Bonchev–Trinajstić information content (AvgIpc) is 3.19. The predicted molar refractivity (Wildman–Crippen MR) is 94.7 cm³/mol. The van der Waals surface area contributed by atoms with Gasteiger partial charge in [-0.3, -0.25) is 5.41 Å². The van der Waals surface area contributed by atoms with Crippen LogP contribution in [0.25, 0.3) is 21.9 Å². The van der Waals surface area contributed by atoms with Gasteiger partial charge in [-0.25, -0.2) is 4.39 Å². The van der Waals surface area contributed by atoms with Gasteiger partial charge in [0, 0.05) is 17.6 Å². The zero-order chi connectivity index (χ0) is 16.1. The molecule has 116 valence electrons. The predicted octanol–water partition coefficient (Wildman–Crippen LogP) is 4.41. The molecule has 0 aliphatic heterocycles. The molecule has 0 heterocycles. The summed E-state index contributed by atoms with van der Waals surface area (Å²) in [6.45, 7) is -0.337. The van der Waals surface area contributed by atoms with Crippen molar-refractivity contribution in [2.24, 2.45) is 0 Å². The zero-order valence-corrected chi connectivity index (χ0v) is 12.6. The molecule has 0 spiro atoms. The molecule has 4 rings (SSSR count). The second-order valence-electron chi connectivity index (χ2n) is 5.22. The van der Waals surface area contributed by atoms with Crippen molar-refractivity contribution < 1.29 is 4.39 Å². The smallest absolute Gasteiger partial charge is 0.193 e.